The first-order valence-electron chi connectivity index (χ1n) is 8.57. The second-order valence-electron chi connectivity index (χ2n) is 6.78. The summed E-state index contributed by atoms with van der Waals surface area (Å²) in [7, 11) is 0. The average molecular weight is 342 g/mol. The summed E-state index contributed by atoms with van der Waals surface area (Å²) in [6.07, 6.45) is -0.128. The van der Waals surface area contributed by atoms with E-state index in [1.54, 1.807) is 4.90 Å². The van der Waals surface area contributed by atoms with Crippen LogP contribution in [0.4, 0.5) is 0 Å². The quantitative estimate of drug-likeness (QED) is 0.897. The number of hydrogen-bond acceptors (Lipinski definition) is 5. The Kier molecular flexibility index (Phi) is 3.95. The third kappa shape index (κ3) is 3.00. The summed E-state index contributed by atoms with van der Waals surface area (Å²) in [6, 6.07) is 4.15. The molecule has 1 fully saturated rings. The molecular formula is C18H22N4O3. The van der Waals surface area contributed by atoms with Crippen molar-refractivity contribution in [2.45, 2.75) is 39.4 Å². The van der Waals surface area contributed by atoms with E-state index in [-0.39, 0.29) is 12.0 Å². The zero-order valence-electron chi connectivity index (χ0n) is 14.7. The molecule has 132 valence electrons. The van der Waals surface area contributed by atoms with Gasteiger partial charge in [-0.2, -0.15) is 5.10 Å². The summed E-state index contributed by atoms with van der Waals surface area (Å²) < 4.78 is 11.7. The van der Waals surface area contributed by atoms with Gasteiger partial charge in [-0.25, -0.2) is 4.98 Å². The molecule has 0 radical (unpaired) electrons. The Morgan fingerprint density at radius 1 is 1.28 bits per heavy atom. The number of rotatable bonds is 2. The molecule has 1 amide bonds. The number of ether oxygens (including phenoxy) is 2. The van der Waals surface area contributed by atoms with E-state index in [9.17, 15) is 4.79 Å². The third-order valence-corrected chi connectivity index (χ3v) is 4.91. The molecule has 1 N–H and O–H groups in total. The number of carbonyl (C=O) groups is 1. The normalized spacial score (nSPS) is 22.6. The number of nitrogens with one attached hydrogen (secondary N) is 1. The molecule has 0 saturated carbocycles. The molecule has 0 unspecified atom stereocenters. The van der Waals surface area contributed by atoms with Gasteiger partial charge >= 0.3 is 0 Å². The number of aryl methyl sites for hydroxylation is 3. The van der Waals surface area contributed by atoms with Crippen molar-refractivity contribution in [1.29, 1.82) is 0 Å². The molecule has 7 nitrogen and oxygen atoms in total. The van der Waals surface area contributed by atoms with Gasteiger partial charge in [-0.3, -0.25) is 9.89 Å². The molecule has 1 saturated heterocycles. The van der Waals surface area contributed by atoms with Gasteiger partial charge in [0.25, 0.3) is 5.91 Å². The van der Waals surface area contributed by atoms with E-state index in [0.29, 0.717) is 31.9 Å². The van der Waals surface area contributed by atoms with Crippen molar-refractivity contribution in [2.24, 2.45) is 0 Å². The summed E-state index contributed by atoms with van der Waals surface area (Å²) >= 11 is 0. The minimum Gasteiger partial charge on any atom is -0.480 e. The topological polar surface area (TPSA) is 80.3 Å². The molecule has 25 heavy (non-hydrogen) atoms. The molecule has 2 aliphatic rings. The van der Waals surface area contributed by atoms with Gasteiger partial charge < -0.3 is 14.4 Å². The molecule has 2 aliphatic heterocycles. The smallest absolute Gasteiger partial charge is 0.264 e. The SMILES string of the molecule is Cc1nc([C@H]2CN(C(=O)[C@@H]3Cc4cc(C)c(C)cc4O3)CCO2)n[nH]1. The van der Waals surface area contributed by atoms with Crippen LogP contribution >= 0.6 is 0 Å². The first kappa shape index (κ1) is 16.1. The highest BCUT2D eigenvalue weighted by molar-refractivity contribution is 5.83. The Balaban J connectivity index is 1.46. The summed E-state index contributed by atoms with van der Waals surface area (Å²) in [4.78, 5) is 19.0. The van der Waals surface area contributed by atoms with Crippen molar-refractivity contribution >= 4 is 5.91 Å². The van der Waals surface area contributed by atoms with E-state index >= 15 is 0 Å². The van der Waals surface area contributed by atoms with Crippen LogP contribution in [0.1, 0.15) is 34.4 Å². The van der Waals surface area contributed by atoms with Gasteiger partial charge in [0, 0.05) is 13.0 Å². The highest BCUT2D eigenvalue weighted by Crippen LogP contribution is 2.32. The van der Waals surface area contributed by atoms with Crippen LogP contribution in [0.3, 0.4) is 0 Å². The van der Waals surface area contributed by atoms with Crippen LogP contribution in [-0.4, -0.2) is 51.8 Å². The second-order valence-corrected chi connectivity index (χ2v) is 6.78. The number of benzene rings is 1. The number of nitrogens with zero attached hydrogens (tertiary/aromatic N) is 3. The molecule has 1 aromatic heterocycles. The van der Waals surface area contributed by atoms with E-state index in [1.807, 2.05) is 13.0 Å². The summed E-state index contributed by atoms with van der Waals surface area (Å²) in [6.45, 7) is 7.46. The summed E-state index contributed by atoms with van der Waals surface area (Å²) in [5, 5.41) is 6.97. The highest BCUT2D eigenvalue weighted by Gasteiger charge is 2.36. The van der Waals surface area contributed by atoms with Crippen LogP contribution in [0.15, 0.2) is 12.1 Å². The lowest BCUT2D eigenvalue weighted by Crippen LogP contribution is -2.48. The maximum Gasteiger partial charge on any atom is 0.264 e. The number of aromatic amines is 1. The van der Waals surface area contributed by atoms with Crippen LogP contribution < -0.4 is 4.74 Å². The first-order valence-corrected chi connectivity index (χ1v) is 8.57. The van der Waals surface area contributed by atoms with Gasteiger partial charge in [-0.1, -0.05) is 6.07 Å². The monoisotopic (exact) mass is 342 g/mol. The standard InChI is InChI=1S/C18H22N4O3/c1-10-6-13-8-15(25-14(13)7-11(10)2)18(23)22-4-5-24-16(9-22)17-19-12(3)20-21-17/h6-7,15-16H,4-5,8-9H2,1-3H3,(H,19,20,21)/t15-,16+/m0/s1. The van der Waals surface area contributed by atoms with E-state index in [2.05, 4.69) is 35.1 Å². The molecule has 2 aromatic rings. The van der Waals surface area contributed by atoms with Gasteiger partial charge in [-0.15, -0.1) is 0 Å². The number of carbonyl (C=O) groups excluding carboxylic acids is 1. The van der Waals surface area contributed by atoms with Crippen LogP contribution in [0.2, 0.25) is 0 Å². The average Bonchev–Trinajstić information content (AvgIpc) is 3.21. The number of H-pyrrole nitrogens is 1. The largest absolute Gasteiger partial charge is 0.480 e. The Morgan fingerprint density at radius 2 is 2.08 bits per heavy atom. The first-order chi connectivity index (χ1) is 12.0. The van der Waals surface area contributed by atoms with Crippen LogP contribution in [-0.2, 0) is 16.0 Å². The lowest BCUT2D eigenvalue weighted by atomic mass is 10.0. The Hall–Kier alpha value is -2.41. The van der Waals surface area contributed by atoms with E-state index < -0.39 is 6.10 Å². The lowest BCUT2D eigenvalue weighted by Gasteiger charge is -2.32. The molecule has 0 bridgehead atoms. The number of amides is 1. The Bertz CT molecular complexity index is 786. The fraction of sp³-hybridized carbons (Fsp3) is 0.500. The number of hydrogen-bond donors (Lipinski definition) is 1. The molecule has 7 heteroatoms. The van der Waals surface area contributed by atoms with Crippen molar-refractivity contribution in [1.82, 2.24) is 20.1 Å². The van der Waals surface area contributed by atoms with E-state index in [4.69, 9.17) is 9.47 Å². The van der Waals surface area contributed by atoms with Crippen LogP contribution in [0, 0.1) is 20.8 Å². The minimum atomic E-state index is -0.455. The number of morpholine rings is 1. The predicted octanol–water partition coefficient (Wildman–Crippen LogP) is 1.63. The Labute approximate surface area is 146 Å². The maximum absolute atomic E-state index is 12.9. The molecule has 0 spiro atoms. The van der Waals surface area contributed by atoms with Crippen molar-refractivity contribution in [2.75, 3.05) is 19.7 Å². The molecule has 1 aromatic carbocycles. The van der Waals surface area contributed by atoms with Crippen molar-refractivity contribution in [3.63, 3.8) is 0 Å². The van der Waals surface area contributed by atoms with Crippen molar-refractivity contribution in [3.8, 4) is 5.75 Å². The van der Waals surface area contributed by atoms with E-state index in [1.165, 1.54) is 11.1 Å². The minimum absolute atomic E-state index is 0.00654. The summed E-state index contributed by atoms with van der Waals surface area (Å²) in [5.74, 6) is 2.17. The van der Waals surface area contributed by atoms with Crippen molar-refractivity contribution in [3.05, 3.63) is 40.5 Å². The molecular weight excluding hydrogens is 320 g/mol. The molecule has 2 atom stereocenters. The Morgan fingerprint density at radius 3 is 2.84 bits per heavy atom. The maximum atomic E-state index is 12.9. The molecule has 4 rings (SSSR count). The molecule has 3 heterocycles. The fourth-order valence-corrected chi connectivity index (χ4v) is 3.36. The fourth-order valence-electron chi connectivity index (χ4n) is 3.36. The van der Waals surface area contributed by atoms with Crippen LogP contribution in [0.25, 0.3) is 0 Å². The van der Waals surface area contributed by atoms with Gasteiger partial charge in [0.2, 0.25) is 0 Å². The third-order valence-electron chi connectivity index (χ3n) is 4.91. The second kappa shape index (κ2) is 6.15. The van der Waals surface area contributed by atoms with Gasteiger partial charge in [0.1, 0.15) is 17.7 Å². The van der Waals surface area contributed by atoms with Gasteiger partial charge in [0.05, 0.1) is 13.2 Å². The van der Waals surface area contributed by atoms with Gasteiger partial charge in [0.15, 0.2) is 11.9 Å². The zero-order chi connectivity index (χ0) is 17.6. The van der Waals surface area contributed by atoms with E-state index in [0.717, 1.165) is 17.1 Å². The van der Waals surface area contributed by atoms with Gasteiger partial charge in [-0.05, 0) is 43.5 Å². The lowest BCUT2D eigenvalue weighted by molar-refractivity contribution is -0.146. The predicted molar refractivity (Wildman–Crippen MR) is 90.4 cm³/mol. The van der Waals surface area contributed by atoms with Crippen LogP contribution in [0.5, 0.6) is 5.75 Å². The number of aromatic nitrogens is 3. The zero-order valence-corrected chi connectivity index (χ0v) is 14.7. The summed E-state index contributed by atoms with van der Waals surface area (Å²) in [5.41, 5.74) is 3.51. The number of fused-ring (bicyclic) bond motifs is 1. The molecule has 0 aliphatic carbocycles. The highest BCUT2D eigenvalue weighted by atomic mass is 16.5. The van der Waals surface area contributed by atoms with Crippen molar-refractivity contribution < 1.29 is 14.3 Å².